The molecule has 0 bridgehead atoms. The van der Waals surface area contributed by atoms with Crippen LogP contribution in [0.2, 0.25) is 0 Å². The van der Waals surface area contributed by atoms with Gasteiger partial charge in [-0.05, 0) is 25.1 Å². The van der Waals surface area contributed by atoms with E-state index in [1.165, 1.54) is 0 Å². The summed E-state index contributed by atoms with van der Waals surface area (Å²) < 4.78 is 5.53. The molecule has 0 aliphatic carbocycles. The van der Waals surface area contributed by atoms with E-state index in [-0.39, 0.29) is 0 Å². The summed E-state index contributed by atoms with van der Waals surface area (Å²) in [5.74, 6) is 0.560. The van der Waals surface area contributed by atoms with Crippen LogP contribution in [-0.2, 0) is 0 Å². The second-order valence-corrected chi connectivity index (χ2v) is 4.60. The van der Waals surface area contributed by atoms with Crippen LogP contribution in [0, 0.1) is 11.3 Å². The summed E-state index contributed by atoms with van der Waals surface area (Å²) in [6.07, 6.45) is 0. The topological polar surface area (TPSA) is 87.7 Å². The van der Waals surface area contributed by atoms with Crippen LogP contribution in [0.4, 0.5) is 5.69 Å². The Bertz CT molecular complexity index is 845. The van der Waals surface area contributed by atoms with Crippen molar-refractivity contribution in [1.29, 1.82) is 5.26 Å². The van der Waals surface area contributed by atoms with Crippen LogP contribution in [0.3, 0.4) is 0 Å². The van der Waals surface area contributed by atoms with Crippen molar-refractivity contribution < 1.29 is 4.74 Å². The van der Waals surface area contributed by atoms with E-state index in [2.05, 4.69) is 16.3 Å². The molecule has 104 valence electrons. The second-order valence-electron chi connectivity index (χ2n) is 4.60. The Hall–Kier alpha value is -3.00. The maximum absolute atomic E-state index is 9.19. The zero-order valence-corrected chi connectivity index (χ0v) is 11.6. The molecule has 3 rings (SSSR count). The monoisotopic (exact) mass is 278 g/mol. The second kappa shape index (κ2) is 5.17. The van der Waals surface area contributed by atoms with E-state index in [9.17, 15) is 5.26 Å². The summed E-state index contributed by atoms with van der Waals surface area (Å²) >= 11 is 0. The lowest BCUT2D eigenvalue weighted by molar-refractivity contribution is 0.340. The highest BCUT2D eigenvalue weighted by Crippen LogP contribution is 2.33. The molecule has 5 nitrogen and oxygen atoms in total. The fourth-order valence-corrected chi connectivity index (χ4v) is 2.32. The lowest BCUT2D eigenvalue weighted by Crippen LogP contribution is -1.94. The number of nitrogens with two attached hydrogens (primary N) is 1. The maximum Gasteiger partial charge on any atom is 0.137 e. The molecular formula is C16H14N4O. The first-order chi connectivity index (χ1) is 10.2. The van der Waals surface area contributed by atoms with Gasteiger partial charge in [0, 0.05) is 16.6 Å². The summed E-state index contributed by atoms with van der Waals surface area (Å²) in [6.45, 7) is 2.39. The van der Waals surface area contributed by atoms with Crippen molar-refractivity contribution in [2.24, 2.45) is 0 Å². The zero-order valence-electron chi connectivity index (χ0n) is 11.6. The van der Waals surface area contributed by atoms with Gasteiger partial charge in [-0.3, -0.25) is 5.10 Å². The van der Waals surface area contributed by atoms with Crippen LogP contribution in [-0.4, -0.2) is 16.8 Å². The lowest BCUT2D eigenvalue weighted by atomic mass is 10.0. The van der Waals surface area contributed by atoms with Gasteiger partial charge in [-0.25, -0.2) is 0 Å². The lowest BCUT2D eigenvalue weighted by Gasteiger charge is -2.06. The van der Waals surface area contributed by atoms with Gasteiger partial charge in [-0.2, -0.15) is 10.4 Å². The third-order valence-electron chi connectivity index (χ3n) is 3.30. The molecule has 0 amide bonds. The van der Waals surface area contributed by atoms with Crippen LogP contribution in [0.15, 0.2) is 36.4 Å². The molecule has 0 fully saturated rings. The molecule has 1 aromatic heterocycles. The third kappa shape index (κ3) is 2.17. The van der Waals surface area contributed by atoms with Crippen molar-refractivity contribution in [3.63, 3.8) is 0 Å². The van der Waals surface area contributed by atoms with Crippen LogP contribution >= 0.6 is 0 Å². The van der Waals surface area contributed by atoms with E-state index in [4.69, 9.17) is 10.5 Å². The van der Waals surface area contributed by atoms with Gasteiger partial charge in [0.1, 0.15) is 17.5 Å². The molecule has 0 saturated heterocycles. The van der Waals surface area contributed by atoms with Crippen molar-refractivity contribution >= 4 is 16.6 Å². The number of nitrogens with zero attached hydrogens (tertiary/aromatic N) is 2. The molecule has 1 heterocycles. The summed E-state index contributed by atoms with van der Waals surface area (Å²) in [5.41, 5.74) is 9.57. The van der Waals surface area contributed by atoms with Crippen molar-refractivity contribution in [2.45, 2.75) is 6.92 Å². The summed E-state index contributed by atoms with van der Waals surface area (Å²) in [5, 5.41) is 17.4. The standard InChI is InChI=1S/C16H14N4O/c1-2-21-15-8-12-14(7-10(15)9-17)19-20-16(12)11-5-3-4-6-13(11)18/h3-8H,2,18H2,1H3,(H,19,20). The molecule has 0 unspecified atom stereocenters. The first kappa shape index (κ1) is 13.0. The van der Waals surface area contributed by atoms with E-state index >= 15 is 0 Å². The largest absolute Gasteiger partial charge is 0.492 e. The number of aromatic nitrogens is 2. The van der Waals surface area contributed by atoms with E-state index in [0.717, 1.165) is 22.2 Å². The minimum absolute atomic E-state index is 0.487. The fourth-order valence-electron chi connectivity index (χ4n) is 2.32. The van der Waals surface area contributed by atoms with E-state index < -0.39 is 0 Å². The Kier molecular flexibility index (Phi) is 3.20. The van der Waals surface area contributed by atoms with E-state index in [1.807, 2.05) is 37.3 Å². The van der Waals surface area contributed by atoms with E-state index in [1.54, 1.807) is 6.07 Å². The molecule has 0 radical (unpaired) electrons. The number of benzene rings is 2. The van der Waals surface area contributed by atoms with Gasteiger partial charge in [0.05, 0.1) is 17.7 Å². The number of hydrogen-bond donors (Lipinski definition) is 2. The smallest absolute Gasteiger partial charge is 0.137 e. The van der Waals surface area contributed by atoms with E-state index in [0.29, 0.717) is 23.6 Å². The molecule has 0 aliphatic rings. The number of para-hydroxylation sites is 1. The highest BCUT2D eigenvalue weighted by molar-refractivity contribution is 5.97. The quantitative estimate of drug-likeness (QED) is 0.721. The number of ether oxygens (including phenoxy) is 1. The Morgan fingerprint density at radius 3 is 2.86 bits per heavy atom. The van der Waals surface area contributed by atoms with Crippen LogP contribution < -0.4 is 10.5 Å². The van der Waals surface area contributed by atoms with Gasteiger partial charge in [0.2, 0.25) is 0 Å². The van der Waals surface area contributed by atoms with Crippen molar-refractivity contribution in [1.82, 2.24) is 10.2 Å². The van der Waals surface area contributed by atoms with Crippen molar-refractivity contribution in [3.8, 4) is 23.1 Å². The number of fused-ring (bicyclic) bond motifs is 1. The molecule has 0 spiro atoms. The SMILES string of the molecule is CCOc1cc2c(-c3ccccc3N)n[nH]c2cc1C#N. The number of rotatable bonds is 3. The van der Waals surface area contributed by atoms with Gasteiger partial charge >= 0.3 is 0 Å². The molecule has 0 saturated carbocycles. The molecule has 5 heteroatoms. The minimum Gasteiger partial charge on any atom is -0.492 e. The number of aromatic amines is 1. The molecule has 3 N–H and O–H groups in total. The summed E-state index contributed by atoms with van der Waals surface area (Å²) in [6, 6.07) is 13.3. The molecule has 0 atom stereocenters. The predicted octanol–water partition coefficient (Wildman–Crippen LogP) is 3.08. The van der Waals surface area contributed by atoms with Crippen LogP contribution in [0.1, 0.15) is 12.5 Å². The van der Waals surface area contributed by atoms with Crippen LogP contribution in [0.25, 0.3) is 22.2 Å². The first-order valence-corrected chi connectivity index (χ1v) is 6.64. The summed E-state index contributed by atoms with van der Waals surface area (Å²) in [7, 11) is 0. The highest BCUT2D eigenvalue weighted by Gasteiger charge is 2.14. The number of nitriles is 1. The molecule has 2 aromatic carbocycles. The average molecular weight is 278 g/mol. The molecular weight excluding hydrogens is 264 g/mol. The average Bonchev–Trinajstić information content (AvgIpc) is 2.90. The maximum atomic E-state index is 9.19. The van der Waals surface area contributed by atoms with Gasteiger partial charge in [0.15, 0.2) is 0 Å². The number of nitrogens with one attached hydrogen (secondary N) is 1. The number of H-pyrrole nitrogens is 1. The zero-order chi connectivity index (χ0) is 14.8. The molecule has 3 aromatic rings. The van der Waals surface area contributed by atoms with Gasteiger partial charge in [-0.15, -0.1) is 0 Å². The molecule has 0 aliphatic heterocycles. The normalized spacial score (nSPS) is 10.5. The van der Waals surface area contributed by atoms with Crippen molar-refractivity contribution in [3.05, 3.63) is 42.0 Å². The Balaban J connectivity index is 2.25. The van der Waals surface area contributed by atoms with Gasteiger partial charge in [0.25, 0.3) is 0 Å². The fraction of sp³-hybridized carbons (Fsp3) is 0.125. The van der Waals surface area contributed by atoms with Gasteiger partial charge in [-0.1, -0.05) is 18.2 Å². The highest BCUT2D eigenvalue weighted by atomic mass is 16.5. The van der Waals surface area contributed by atoms with Crippen molar-refractivity contribution in [2.75, 3.05) is 12.3 Å². The molecule has 21 heavy (non-hydrogen) atoms. The Labute approximate surface area is 122 Å². The Morgan fingerprint density at radius 2 is 2.14 bits per heavy atom. The number of anilines is 1. The summed E-state index contributed by atoms with van der Waals surface area (Å²) in [4.78, 5) is 0. The van der Waals surface area contributed by atoms with Gasteiger partial charge < -0.3 is 10.5 Å². The first-order valence-electron chi connectivity index (χ1n) is 6.64. The number of hydrogen-bond acceptors (Lipinski definition) is 4. The Morgan fingerprint density at radius 1 is 1.33 bits per heavy atom. The number of nitrogen functional groups attached to an aromatic ring is 1. The predicted molar refractivity (Wildman–Crippen MR) is 81.8 cm³/mol. The van der Waals surface area contributed by atoms with Crippen LogP contribution in [0.5, 0.6) is 5.75 Å². The minimum atomic E-state index is 0.487. The third-order valence-corrected chi connectivity index (χ3v) is 3.30.